The number of halogens is 2. The first-order valence-corrected chi connectivity index (χ1v) is 8.50. The van der Waals surface area contributed by atoms with E-state index in [0.29, 0.717) is 12.4 Å². The molecule has 0 aliphatic carbocycles. The molecule has 2 aromatic carbocycles. The number of imidazole rings is 2. The summed E-state index contributed by atoms with van der Waals surface area (Å²) in [7, 11) is 0. The van der Waals surface area contributed by atoms with Crippen molar-refractivity contribution in [1.82, 2.24) is 19.5 Å². The second-order valence-corrected chi connectivity index (χ2v) is 6.54. The summed E-state index contributed by atoms with van der Waals surface area (Å²) < 4.78 is 29.4. The van der Waals surface area contributed by atoms with E-state index in [1.54, 1.807) is 12.4 Å². The first-order valence-electron chi connectivity index (χ1n) is 8.50. The van der Waals surface area contributed by atoms with Gasteiger partial charge in [-0.2, -0.15) is 0 Å². The molecule has 4 aromatic rings. The van der Waals surface area contributed by atoms with Gasteiger partial charge in [-0.1, -0.05) is 19.1 Å². The molecular formula is C20H18F2N4. The summed E-state index contributed by atoms with van der Waals surface area (Å²) in [6.07, 6.45) is 4.14. The summed E-state index contributed by atoms with van der Waals surface area (Å²) in [4.78, 5) is 12.1. The number of para-hydroxylation sites is 2. The van der Waals surface area contributed by atoms with Crippen LogP contribution in [0.1, 0.15) is 12.7 Å². The Morgan fingerprint density at radius 2 is 2.00 bits per heavy atom. The molecular weight excluding hydrogens is 334 g/mol. The molecule has 0 aliphatic heterocycles. The summed E-state index contributed by atoms with van der Waals surface area (Å²) in [6.45, 7) is 2.72. The van der Waals surface area contributed by atoms with Gasteiger partial charge in [0.1, 0.15) is 23.3 Å². The molecule has 1 N–H and O–H groups in total. The largest absolute Gasteiger partial charge is 0.342 e. The van der Waals surface area contributed by atoms with Gasteiger partial charge in [-0.15, -0.1) is 0 Å². The number of nitrogens with zero attached hydrogens (tertiary/aromatic N) is 3. The van der Waals surface area contributed by atoms with Crippen LogP contribution in [-0.2, 0) is 13.0 Å². The van der Waals surface area contributed by atoms with Crippen LogP contribution in [0.5, 0.6) is 0 Å². The fourth-order valence-electron chi connectivity index (χ4n) is 3.20. The second-order valence-electron chi connectivity index (χ2n) is 6.54. The topological polar surface area (TPSA) is 46.5 Å². The summed E-state index contributed by atoms with van der Waals surface area (Å²) >= 11 is 0. The van der Waals surface area contributed by atoms with Gasteiger partial charge < -0.3 is 9.55 Å². The maximum Gasteiger partial charge on any atom is 0.142 e. The van der Waals surface area contributed by atoms with Gasteiger partial charge in [0.15, 0.2) is 0 Å². The van der Waals surface area contributed by atoms with Gasteiger partial charge in [0.05, 0.1) is 16.6 Å². The van der Waals surface area contributed by atoms with E-state index in [2.05, 4.69) is 21.9 Å². The Kier molecular flexibility index (Phi) is 4.24. The molecule has 6 heteroatoms. The average molecular weight is 352 g/mol. The van der Waals surface area contributed by atoms with Gasteiger partial charge in [-0.3, -0.25) is 0 Å². The average Bonchev–Trinajstić information content (AvgIpc) is 3.23. The predicted octanol–water partition coefficient (Wildman–Crippen LogP) is 4.58. The lowest BCUT2D eigenvalue weighted by atomic mass is 10.1. The van der Waals surface area contributed by atoms with Crippen molar-refractivity contribution in [2.75, 3.05) is 0 Å². The number of hydrogen-bond acceptors (Lipinski definition) is 2. The standard InChI is InChI=1S/C20H18F2N4/c1-13(10-19-24-17-4-2-3-5-18(17)25-19)12-26-9-8-23-20(26)15-11-14(21)6-7-16(15)22/h2-9,11,13H,10,12H2,1H3,(H,24,25). The van der Waals surface area contributed by atoms with Gasteiger partial charge in [0, 0.05) is 25.4 Å². The van der Waals surface area contributed by atoms with Crippen LogP contribution in [-0.4, -0.2) is 19.5 Å². The molecule has 0 spiro atoms. The summed E-state index contributed by atoms with van der Waals surface area (Å²) in [5.41, 5.74) is 2.13. The Balaban J connectivity index is 1.54. The summed E-state index contributed by atoms with van der Waals surface area (Å²) in [5.74, 6) is 0.617. The van der Waals surface area contributed by atoms with Gasteiger partial charge in [-0.05, 0) is 36.2 Å². The quantitative estimate of drug-likeness (QED) is 0.571. The molecule has 0 bridgehead atoms. The third-order valence-corrected chi connectivity index (χ3v) is 4.37. The first kappa shape index (κ1) is 16.4. The third-order valence-electron chi connectivity index (χ3n) is 4.37. The van der Waals surface area contributed by atoms with E-state index >= 15 is 0 Å². The Morgan fingerprint density at radius 1 is 1.15 bits per heavy atom. The predicted molar refractivity (Wildman–Crippen MR) is 96.5 cm³/mol. The van der Waals surface area contributed by atoms with Crippen molar-refractivity contribution in [2.45, 2.75) is 19.9 Å². The minimum absolute atomic E-state index is 0.172. The van der Waals surface area contributed by atoms with Crippen LogP contribution in [0.25, 0.3) is 22.4 Å². The van der Waals surface area contributed by atoms with E-state index in [1.807, 2.05) is 28.8 Å². The molecule has 4 nitrogen and oxygen atoms in total. The lowest BCUT2D eigenvalue weighted by Gasteiger charge is -2.14. The molecule has 1 atom stereocenters. The fourth-order valence-corrected chi connectivity index (χ4v) is 3.20. The molecule has 0 aliphatic rings. The third kappa shape index (κ3) is 3.22. The van der Waals surface area contributed by atoms with Crippen molar-refractivity contribution in [3.63, 3.8) is 0 Å². The van der Waals surface area contributed by atoms with Gasteiger partial charge in [0.2, 0.25) is 0 Å². The van der Waals surface area contributed by atoms with E-state index in [-0.39, 0.29) is 11.5 Å². The van der Waals surface area contributed by atoms with Gasteiger partial charge in [-0.25, -0.2) is 18.7 Å². The normalized spacial score (nSPS) is 12.6. The number of aromatic nitrogens is 4. The molecule has 0 fully saturated rings. The maximum atomic E-state index is 14.1. The van der Waals surface area contributed by atoms with E-state index in [4.69, 9.17) is 0 Å². The molecule has 0 saturated carbocycles. The smallest absolute Gasteiger partial charge is 0.142 e. The van der Waals surface area contributed by atoms with Gasteiger partial charge >= 0.3 is 0 Å². The fraction of sp³-hybridized carbons (Fsp3) is 0.200. The highest BCUT2D eigenvalue weighted by atomic mass is 19.1. The zero-order valence-corrected chi connectivity index (χ0v) is 14.3. The monoisotopic (exact) mass is 352 g/mol. The number of H-pyrrole nitrogens is 1. The number of benzene rings is 2. The number of nitrogens with one attached hydrogen (secondary N) is 1. The van der Waals surface area contributed by atoms with Gasteiger partial charge in [0.25, 0.3) is 0 Å². The molecule has 1 unspecified atom stereocenters. The van der Waals surface area contributed by atoms with Crippen molar-refractivity contribution >= 4 is 11.0 Å². The first-order chi connectivity index (χ1) is 12.6. The highest BCUT2D eigenvalue weighted by molar-refractivity contribution is 5.74. The highest BCUT2D eigenvalue weighted by Gasteiger charge is 2.15. The van der Waals surface area contributed by atoms with Crippen LogP contribution < -0.4 is 0 Å². The Morgan fingerprint density at radius 3 is 2.85 bits per heavy atom. The lowest BCUT2D eigenvalue weighted by Crippen LogP contribution is -2.12. The molecule has 0 amide bonds. The van der Waals surface area contributed by atoms with E-state index in [0.717, 1.165) is 35.4 Å². The van der Waals surface area contributed by atoms with E-state index < -0.39 is 11.6 Å². The van der Waals surface area contributed by atoms with Crippen molar-refractivity contribution in [3.05, 3.63) is 72.3 Å². The number of hydrogen-bond donors (Lipinski definition) is 1. The minimum Gasteiger partial charge on any atom is -0.342 e. The lowest BCUT2D eigenvalue weighted by molar-refractivity contribution is 0.473. The Hall–Kier alpha value is -3.02. The second kappa shape index (κ2) is 6.71. The van der Waals surface area contributed by atoms with Crippen molar-refractivity contribution < 1.29 is 8.78 Å². The van der Waals surface area contributed by atoms with Crippen LogP contribution >= 0.6 is 0 Å². The molecule has 26 heavy (non-hydrogen) atoms. The summed E-state index contributed by atoms with van der Waals surface area (Å²) in [5, 5.41) is 0. The number of rotatable bonds is 5. The Bertz CT molecular complexity index is 1020. The molecule has 0 radical (unpaired) electrons. The maximum absolute atomic E-state index is 14.1. The minimum atomic E-state index is -0.483. The van der Waals surface area contributed by atoms with Crippen LogP contribution in [0, 0.1) is 17.6 Å². The van der Waals surface area contributed by atoms with Crippen molar-refractivity contribution in [1.29, 1.82) is 0 Å². The molecule has 2 aromatic heterocycles. The zero-order chi connectivity index (χ0) is 18.1. The number of fused-ring (bicyclic) bond motifs is 1. The van der Waals surface area contributed by atoms with Crippen LogP contribution in [0.15, 0.2) is 54.9 Å². The van der Waals surface area contributed by atoms with Crippen molar-refractivity contribution in [3.8, 4) is 11.4 Å². The van der Waals surface area contributed by atoms with E-state index in [1.165, 1.54) is 6.07 Å². The SMILES string of the molecule is CC(Cc1nc2ccccc2[nH]1)Cn1ccnc1-c1cc(F)ccc1F. The zero-order valence-electron chi connectivity index (χ0n) is 14.3. The Labute approximate surface area is 149 Å². The molecule has 132 valence electrons. The molecule has 2 heterocycles. The number of aromatic amines is 1. The van der Waals surface area contributed by atoms with Crippen LogP contribution in [0.2, 0.25) is 0 Å². The van der Waals surface area contributed by atoms with Crippen molar-refractivity contribution in [2.24, 2.45) is 5.92 Å². The summed E-state index contributed by atoms with van der Waals surface area (Å²) in [6, 6.07) is 11.3. The highest BCUT2D eigenvalue weighted by Crippen LogP contribution is 2.23. The van der Waals surface area contributed by atoms with E-state index in [9.17, 15) is 8.78 Å². The van der Waals surface area contributed by atoms with Crippen LogP contribution in [0.4, 0.5) is 8.78 Å². The molecule has 4 rings (SSSR count). The molecule has 0 saturated heterocycles. The van der Waals surface area contributed by atoms with Crippen LogP contribution in [0.3, 0.4) is 0 Å².